The lowest BCUT2D eigenvalue weighted by molar-refractivity contribution is 0.482. The van der Waals surface area contributed by atoms with E-state index in [1.165, 1.54) is 17.7 Å². The lowest BCUT2D eigenvalue weighted by Gasteiger charge is -2.37. The summed E-state index contributed by atoms with van der Waals surface area (Å²) < 4.78 is 0. The summed E-state index contributed by atoms with van der Waals surface area (Å²) in [6, 6.07) is 0. The van der Waals surface area contributed by atoms with Gasteiger partial charge in [0.25, 0.3) is 0 Å². The van der Waals surface area contributed by atoms with Gasteiger partial charge in [0.15, 0.2) is 0 Å². The molecule has 0 spiro atoms. The third-order valence-corrected chi connectivity index (χ3v) is 3.44. The van der Waals surface area contributed by atoms with Crippen molar-refractivity contribution in [2.75, 3.05) is 6.54 Å². The molecular weight excluding hydrogens is 172 g/mol. The van der Waals surface area contributed by atoms with Crippen molar-refractivity contribution in [3.05, 3.63) is 23.8 Å². The first-order valence-electron chi connectivity index (χ1n) is 5.31. The molecule has 0 aromatic heterocycles. The van der Waals surface area contributed by atoms with E-state index in [-0.39, 0.29) is 0 Å². The first-order chi connectivity index (χ1) is 6.84. The van der Waals surface area contributed by atoms with E-state index in [2.05, 4.69) is 23.2 Å². The smallest absolute Gasteiger partial charge is 0.0395 e. The minimum Gasteiger partial charge on any atom is -0.309 e. The fraction of sp³-hybridized carbons (Fsp3) is 0.500. The van der Waals surface area contributed by atoms with Crippen LogP contribution in [-0.4, -0.2) is 18.0 Å². The van der Waals surface area contributed by atoms with Crippen molar-refractivity contribution in [2.24, 2.45) is 16.8 Å². The predicted octanol–water partition coefficient (Wildman–Crippen LogP) is 2.37. The normalized spacial score (nSPS) is 34.7. The predicted molar refractivity (Wildman–Crippen MR) is 58.1 cm³/mol. The lowest BCUT2D eigenvalue weighted by atomic mass is 9.69. The number of hydrogen-bond donors (Lipinski definition) is 1. The fourth-order valence-corrected chi connectivity index (χ4v) is 2.85. The number of nitrogens with one attached hydrogen (secondary N) is 1. The molecule has 0 aromatic carbocycles. The van der Waals surface area contributed by atoms with E-state index in [0.717, 1.165) is 25.1 Å². The number of rotatable bonds is 0. The summed E-state index contributed by atoms with van der Waals surface area (Å²) >= 11 is 0. The molecular formula is C12H14N2. The Balaban J connectivity index is 2.06. The summed E-state index contributed by atoms with van der Waals surface area (Å²) in [7, 11) is 0. The van der Waals surface area contributed by atoms with Crippen molar-refractivity contribution in [1.82, 2.24) is 0 Å². The second-order valence-electron chi connectivity index (χ2n) is 4.39. The van der Waals surface area contributed by atoms with E-state index in [1.54, 1.807) is 0 Å². The lowest BCUT2D eigenvalue weighted by Crippen LogP contribution is -2.36. The van der Waals surface area contributed by atoms with Crippen LogP contribution >= 0.6 is 0 Å². The number of hydrogen-bond acceptors (Lipinski definition) is 2. The Morgan fingerprint density at radius 1 is 1.36 bits per heavy atom. The largest absolute Gasteiger partial charge is 0.309 e. The molecule has 1 fully saturated rings. The van der Waals surface area contributed by atoms with E-state index >= 15 is 0 Å². The Labute approximate surface area is 83.9 Å². The van der Waals surface area contributed by atoms with Gasteiger partial charge in [0, 0.05) is 36.7 Å². The maximum atomic E-state index is 7.79. The molecule has 2 aliphatic carbocycles. The van der Waals surface area contributed by atoms with Crippen molar-refractivity contribution in [1.29, 1.82) is 5.41 Å². The first kappa shape index (κ1) is 8.16. The highest BCUT2D eigenvalue weighted by molar-refractivity contribution is 6.09. The number of allylic oxidation sites excluding steroid dienone is 4. The highest BCUT2D eigenvalue weighted by Gasteiger charge is 2.35. The Kier molecular flexibility index (Phi) is 1.69. The highest BCUT2D eigenvalue weighted by atomic mass is 14.8. The van der Waals surface area contributed by atoms with E-state index in [0.29, 0.717) is 11.8 Å². The molecule has 2 unspecified atom stereocenters. The molecule has 0 saturated heterocycles. The molecule has 14 heavy (non-hydrogen) atoms. The topological polar surface area (TPSA) is 36.2 Å². The second kappa shape index (κ2) is 2.91. The molecule has 2 nitrogen and oxygen atoms in total. The van der Waals surface area contributed by atoms with Gasteiger partial charge in [-0.15, -0.1) is 0 Å². The second-order valence-corrected chi connectivity index (χ2v) is 4.39. The minimum atomic E-state index is 0.558. The van der Waals surface area contributed by atoms with Crippen LogP contribution < -0.4 is 0 Å². The Hall–Kier alpha value is -1.18. The quantitative estimate of drug-likeness (QED) is 0.603. The van der Waals surface area contributed by atoms with Gasteiger partial charge in [-0.25, -0.2) is 0 Å². The van der Waals surface area contributed by atoms with Gasteiger partial charge in [0.05, 0.1) is 0 Å². The average molecular weight is 186 g/mol. The van der Waals surface area contributed by atoms with Crippen molar-refractivity contribution < 1.29 is 0 Å². The zero-order chi connectivity index (χ0) is 9.54. The third kappa shape index (κ3) is 1.10. The number of aliphatic imine (C=N–C) groups is 1. The van der Waals surface area contributed by atoms with E-state index in [1.807, 2.05) is 0 Å². The van der Waals surface area contributed by atoms with Crippen LogP contribution in [0.15, 0.2) is 28.8 Å². The van der Waals surface area contributed by atoms with Crippen LogP contribution in [0, 0.1) is 17.2 Å². The van der Waals surface area contributed by atoms with Crippen LogP contribution in [0.3, 0.4) is 0 Å². The summed E-state index contributed by atoms with van der Waals surface area (Å²) in [5, 5.41) is 7.79. The molecule has 2 heteroatoms. The maximum Gasteiger partial charge on any atom is 0.0395 e. The summed E-state index contributed by atoms with van der Waals surface area (Å²) in [5.41, 5.74) is 3.53. The zero-order valence-corrected chi connectivity index (χ0v) is 8.16. The molecule has 0 aromatic rings. The monoisotopic (exact) mass is 186 g/mol. The van der Waals surface area contributed by atoms with Gasteiger partial charge in [-0.3, -0.25) is 4.99 Å². The molecule has 1 saturated carbocycles. The van der Waals surface area contributed by atoms with Crippen molar-refractivity contribution >= 4 is 11.4 Å². The molecule has 2 atom stereocenters. The van der Waals surface area contributed by atoms with Crippen LogP contribution in [0.25, 0.3) is 0 Å². The standard InChI is InChI=1S/C12H14N2/c13-10-6-9-3-1-2-8-4-5-14-11(7-10)12(8)9/h1-3,8,12-13H,4-7H2. The molecule has 1 aliphatic heterocycles. The zero-order valence-electron chi connectivity index (χ0n) is 8.16. The molecule has 3 rings (SSSR count). The van der Waals surface area contributed by atoms with Crippen LogP contribution in [0.5, 0.6) is 0 Å². The van der Waals surface area contributed by atoms with E-state index in [4.69, 9.17) is 5.41 Å². The Morgan fingerprint density at radius 3 is 3.21 bits per heavy atom. The number of nitrogens with zero attached hydrogens (tertiary/aromatic N) is 1. The van der Waals surface area contributed by atoms with Gasteiger partial charge >= 0.3 is 0 Å². The third-order valence-electron chi connectivity index (χ3n) is 3.44. The van der Waals surface area contributed by atoms with E-state index in [9.17, 15) is 0 Å². The fourth-order valence-electron chi connectivity index (χ4n) is 2.85. The molecule has 0 amide bonds. The molecule has 3 aliphatic rings. The SMILES string of the molecule is N=C1CC2=CC=CC3CCN=C(C1)C23. The van der Waals surface area contributed by atoms with Crippen LogP contribution in [-0.2, 0) is 0 Å². The van der Waals surface area contributed by atoms with Crippen LogP contribution in [0.2, 0.25) is 0 Å². The summed E-state index contributed by atoms with van der Waals surface area (Å²) in [4.78, 5) is 4.59. The van der Waals surface area contributed by atoms with Gasteiger partial charge in [-0.2, -0.15) is 0 Å². The van der Waals surface area contributed by atoms with Crippen molar-refractivity contribution in [3.8, 4) is 0 Å². The molecule has 1 N–H and O–H groups in total. The van der Waals surface area contributed by atoms with Gasteiger partial charge in [-0.05, 0) is 12.3 Å². The van der Waals surface area contributed by atoms with E-state index < -0.39 is 0 Å². The average Bonchev–Trinajstić information content (AvgIpc) is 2.18. The molecule has 72 valence electrons. The molecule has 1 heterocycles. The van der Waals surface area contributed by atoms with Gasteiger partial charge in [0.1, 0.15) is 0 Å². The van der Waals surface area contributed by atoms with Crippen molar-refractivity contribution in [2.45, 2.75) is 19.3 Å². The minimum absolute atomic E-state index is 0.558. The van der Waals surface area contributed by atoms with Gasteiger partial charge < -0.3 is 5.41 Å². The summed E-state index contributed by atoms with van der Waals surface area (Å²) in [6.45, 7) is 0.960. The van der Waals surface area contributed by atoms with Crippen LogP contribution in [0.4, 0.5) is 0 Å². The van der Waals surface area contributed by atoms with Gasteiger partial charge in [0.2, 0.25) is 0 Å². The summed E-state index contributed by atoms with van der Waals surface area (Å²) in [5.74, 6) is 1.23. The Morgan fingerprint density at radius 2 is 2.29 bits per heavy atom. The highest BCUT2D eigenvalue weighted by Crippen LogP contribution is 2.38. The molecule has 0 radical (unpaired) electrons. The van der Waals surface area contributed by atoms with Crippen molar-refractivity contribution in [3.63, 3.8) is 0 Å². The molecule has 0 bridgehead atoms. The van der Waals surface area contributed by atoms with Crippen LogP contribution in [0.1, 0.15) is 19.3 Å². The van der Waals surface area contributed by atoms with Gasteiger partial charge in [-0.1, -0.05) is 23.8 Å². The Bertz CT molecular complexity index is 374. The summed E-state index contributed by atoms with van der Waals surface area (Å²) in [6.07, 6.45) is 9.57. The maximum absolute atomic E-state index is 7.79. The first-order valence-corrected chi connectivity index (χ1v) is 5.31.